The highest BCUT2D eigenvalue weighted by atomic mass is 32.2. The van der Waals surface area contributed by atoms with Crippen molar-refractivity contribution in [3.63, 3.8) is 0 Å². The Morgan fingerprint density at radius 2 is 2.10 bits per heavy atom. The fraction of sp³-hybridized carbons (Fsp3) is 0.545. The average molecular weight is 308 g/mol. The molecule has 1 fully saturated rings. The Morgan fingerprint density at radius 3 is 2.65 bits per heavy atom. The molecule has 0 bridgehead atoms. The van der Waals surface area contributed by atoms with Gasteiger partial charge in [-0.2, -0.15) is 12.7 Å². The molecule has 0 saturated carbocycles. The summed E-state index contributed by atoms with van der Waals surface area (Å²) in [5, 5.41) is 0. The van der Waals surface area contributed by atoms with E-state index < -0.39 is 35.3 Å². The summed E-state index contributed by atoms with van der Waals surface area (Å²) in [4.78, 5) is 11.3. The summed E-state index contributed by atoms with van der Waals surface area (Å²) in [7, 11) is -4.25. The second-order valence-electron chi connectivity index (χ2n) is 4.64. The van der Waals surface area contributed by atoms with Crippen molar-refractivity contribution in [3.8, 4) is 0 Å². The summed E-state index contributed by atoms with van der Waals surface area (Å²) < 4.78 is 55.0. The Hall–Kier alpha value is -1.48. The summed E-state index contributed by atoms with van der Waals surface area (Å²) in [5.41, 5.74) is 0. The van der Waals surface area contributed by atoms with Crippen LogP contribution in [0.25, 0.3) is 0 Å². The van der Waals surface area contributed by atoms with Crippen molar-refractivity contribution in [2.24, 2.45) is 5.92 Å². The third-order valence-corrected chi connectivity index (χ3v) is 4.23. The largest absolute Gasteiger partial charge is 0.448 e. The maximum atomic E-state index is 12.6. The molecule has 0 radical (unpaired) electrons. The minimum atomic E-state index is -4.25. The fourth-order valence-electron chi connectivity index (χ4n) is 1.78. The highest BCUT2D eigenvalue weighted by Crippen LogP contribution is 2.28. The van der Waals surface area contributed by atoms with Crippen LogP contribution in [0.15, 0.2) is 24.3 Å². The van der Waals surface area contributed by atoms with E-state index in [2.05, 4.69) is 0 Å². The number of hydrogen-bond donors (Lipinski definition) is 1. The minimum Gasteiger partial charge on any atom is -0.448 e. The zero-order chi connectivity index (χ0) is 14.8. The summed E-state index contributed by atoms with van der Waals surface area (Å²) in [5.74, 6) is -3.04. The topological polar surface area (TPSA) is 75.7 Å². The number of nitrogens with zero attached hydrogens (tertiary/aromatic N) is 1. The van der Waals surface area contributed by atoms with Crippen molar-refractivity contribution >= 4 is 16.3 Å². The van der Waals surface area contributed by atoms with Crippen molar-refractivity contribution < 1.29 is 26.7 Å². The van der Waals surface area contributed by atoms with E-state index in [1.54, 1.807) is 10.8 Å². The number of carbonyl (C=O) groups excluding carboxylic acids is 1. The van der Waals surface area contributed by atoms with Gasteiger partial charge < -0.3 is 4.74 Å². The van der Waals surface area contributed by atoms with E-state index in [9.17, 15) is 22.0 Å². The molecule has 1 aliphatic carbocycles. The van der Waals surface area contributed by atoms with Gasteiger partial charge in [0.2, 0.25) is 0 Å². The summed E-state index contributed by atoms with van der Waals surface area (Å²) in [6.45, 7) is -1.82. The molecule has 1 unspecified atom stereocenters. The number of halogens is 2. The smallest absolute Gasteiger partial charge is 0.421 e. The molecule has 0 aromatic carbocycles. The van der Waals surface area contributed by atoms with Crippen LogP contribution in [0.2, 0.25) is 0 Å². The maximum Gasteiger partial charge on any atom is 0.421 e. The number of nitrogens with one attached hydrogen (secondary N) is 1. The minimum absolute atomic E-state index is 0.0122. The van der Waals surface area contributed by atoms with Crippen LogP contribution in [-0.4, -0.2) is 44.4 Å². The predicted molar refractivity (Wildman–Crippen MR) is 66.3 cm³/mol. The van der Waals surface area contributed by atoms with Crippen LogP contribution in [0.4, 0.5) is 13.6 Å². The number of carbonyl (C=O) groups is 1. The van der Waals surface area contributed by atoms with Crippen LogP contribution in [0.5, 0.6) is 0 Å². The molecule has 0 aromatic rings. The van der Waals surface area contributed by atoms with E-state index in [0.29, 0.717) is 10.7 Å². The van der Waals surface area contributed by atoms with E-state index in [0.717, 1.165) is 0 Å². The lowest BCUT2D eigenvalue weighted by Gasteiger charge is -2.36. The summed E-state index contributed by atoms with van der Waals surface area (Å²) in [6.07, 6.45) is 6.90. The molecule has 0 aromatic heterocycles. The molecule has 9 heteroatoms. The van der Waals surface area contributed by atoms with Crippen molar-refractivity contribution in [1.29, 1.82) is 0 Å². The molecule has 0 spiro atoms. The van der Waals surface area contributed by atoms with E-state index in [-0.39, 0.29) is 12.5 Å². The molecule has 1 heterocycles. The Labute approximate surface area is 115 Å². The van der Waals surface area contributed by atoms with E-state index >= 15 is 0 Å². The quantitative estimate of drug-likeness (QED) is 0.842. The molecule has 1 aliphatic heterocycles. The first-order chi connectivity index (χ1) is 9.28. The van der Waals surface area contributed by atoms with Gasteiger partial charge in [-0.25, -0.2) is 18.3 Å². The van der Waals surface area contributed by atoms with Crippen LogP contribution in [-0.2, 0) is 14.9 Å². The van der Waals surface area contributed by atoms with Gasteiger partial charge in [-0.05, 0) is 6.42 Å². The highest BCUT2D eigenvalue weighted by molar-refractivity contribution is 7.87. The van der Waals surface area contributed by atoms with Gasteiger partial charge in [0, 0.05) is 5.92 Å². The van der Waals surface area contributed by atoms with Gasteiger partial charge >= 0.3 is 16.3 Å². The number of ether oxygens (including phenoxy) is 1. The number of amides is 1. The normalized spacial score (nSPS) is 25.0. The van der Waals surface area contributed by atoms with Gasteiger partial charge in [-0.15, -0.1) is 0 Å². The van der Waals surface area contributed by atoms with Gasteiger partial charge in [-0.1, -0.05) is 24.3 Å². The highest BCUT2D eigenvalue weighted by Gasteiger charge is 2.50. The Kier molecular flexibility index (Phi) is 4.09. The number of hydrogen-bond acceptors (Lipinski definition) is 4. The van der Waals surface area contributed by atoms with E-state index in [1.807, 2.05) is 18.2 Å². The van der Waals surface area contributed by atoms with Crippen LogP contribution in [0.1, 0.15) is 6.42 Å². The van der Waals surface area contributed by atoms with Gasteiger partial charge in [-0.3, -0.25) is 0 Å². The maximum absolute atomic E-state index is 12.6. The van der Waals surface area contributed by atoms with E-state index in [4.69, 9.17) is 4.74 Å². The predicted octanol–water partition coefficient (Wildman–Crippen LogP) is 1.04. The van der Waals surface area contributed by atoms with E-state index in [1.165, 1.54) is 0 Å². The molecule has 1 saturated heterocycles. The molecule has 112 valence electrons. The Morgan fingerprint density at radius 1 is 1.40 bits per heavy atom. The first kappa shape index (κ1) is 14.9. The second-order valence-corrected chi connectivity index (χ2v) is 6.31. The lowest BCUT2D eigenvalue weighted by molar-refractivity contribution is -0.0949. The van der Waals surface area contributed by atoms with Gasteiger partial charge in [0.15, 0.2) is 0 Å². The van der Waals surface area contributed by atoms with Crippen molar-refractivity contribution in [2.75, 3.05) is 19.7 Å². The average Bonchev–Trinajstić information content (AvgIpc) is 2.34. The monoisotopic (exact) mass is 308 g/mol. The first-order valence-electron chi connectivity index (χ1n) is 5.94. The van der Waals surface area contributed by atoms with Crippen molar-refractivity contribution in [1.82, 2.24) is 9.03 Å². The third kappa shape index (κ3) is 3.76. The molecule has 1 N–H and O–H groups in total. The molecule has 2 aliphatic rings. The van der Waals surface area contributed by atoms with Crippen molar-refractivity contribution in [2.45, 2.75) is 12.3 Å². The lowest BCUT2D eigenvalue weighted by atomic mass is 10.0. The lowest BCUT2D eigenvalue weighted by Crippen LogP contribution is -2.61. The number of alkyl halides is 2. The fourth-order valence-corrected chi connectivity index (χ4v) is 2.89. The second kappa shape index (κ2) is 5.49. The Bertz CT molecular complexity index is 537. The van der Waals surface area contributed by atoms with Crippen LogP contribution in [0.3, 0.4) is 0 Å². The number of allylic oxidation sites excluding steroid dienone is 3. The summed E-state index contributed by atoms with van der Waals surface area (Å²) in [6, 6.07) is 0. The van der Waals surface area contributed by atoms with Crippen molar-refractivity contribution in [3.05, 3.63) is 24.3 Å². The molecule has 1 atom stereocenters. The van der Waals surface area contributed by atoms with Crippen LogP contribution in [0, 0.1) is 5.92 Å². The standard InChI is InChI=1S/C11H14F2N2O4S/c12-11(13)7-15(8-11)20(17,18)14-10(16)19-6-9-4-2-1-3-5-9/h1-4,9H,5-8H2,(H,14,16). The zero-order valence-corrected chi connectivity index (χ0v) is 11.3. The molecular formula is C11H14F2N2O4S. The first-order valence-corrected chi connectivity index (χ1v) is 7.38. The van der Waals surface area contributed by atoms with Crippen LogP contribution >= 0.6 is 0 Å². The van der Waals surface area contributed by atoms with Gasteiger partial charge in [0.05, 0.1) is 19.7 Å². The summed E-state index contributed by atoms with van der Waals surface area (Å²) >= 11 is 0. The Balaban J connectivity index is 1.76. The van der Waals surface area contributed by atoms with Gasteiger partial charge in [0.25, 0.3) is 5.92 Å². The molecular weight excluding hydrogens is 294 g/mol. The molecule has 6 nitrogen and oxygen atoms in total. The molecule has 20 heavy (non-hydrogen) atoms. The SMILES string of the molecule is O=C(NS(=O)(=O)N1CC(F)(F)C1)OCC1C=CC=CC1. The third-order valence-electron chi connectivity index (χ3n) is 2.87. The zero-order valence-electron chi connectivity index (χ0n) is 10.5. The molecule has 1 amide bonds. The molecule has 2 rings (SSSR count). The number of rotatable bonds is 4. The van der Waals surface area contributed by atoms with Crippen LogP contribution < -0.4 is 4.72 Å². The van der Waals surface area contributed by atoms with Gasteiger partial charge in [0.1, 0.15) is 0 Å².